The highest BCUT2D eigenvalue weighted by Crippen LogP contribution is 1.83. The van der Waals surface area contributed by atoms with Crippen molar-refractivity contribution < 1.29 is 9.53 Å². The molecule has 2 heteroatoms. The minimum absolute atomic E-state index is 0.244. The van der Waals surface area contributed by atoms with Gasteiger partial charge >= 0.3 is 5.97 Å². The Balaban J connectivity index is 3.67. The van der Waals surface area contributed by atoms with Crippen molar-refractivity contribution >= 4 is 5.97 Å². The number of hydrogen-bond donors (Lipinski definition) is 0. The van der Waals surface area contributed by atoms with E-state index >= 15 is 0 Å². The molecule has 64 valence electrons. The Morgan fingerprint density at radius 2 is 2.00 bits per heavy atom. The average molecular weight is 164 g/mol. The van der Waals surface area contributed by atoms with Crippen LogP contribution in [0.25, 0.3) is 0 Å². The zero-order valence-corrected chi connectivity index (χ0v) is 6.90. The lowest BCUT2D eigenvalue weighted by Gasteiger charge is -1.93. The molecule has 0 aromatic rings. The van der Waals surface area contributed by atoms with Crippen LogP contribution in [0.3, 0.4) is 0 Å². The Kier molecular flexibility index (Phi) is 6.55. The number of carbonyl (C=O) groups excluding carboxylic acids is 1. The van der Waals surface area contributed by atoms with Crippen LogP contribution < -0.4 is 0 Å². The molecule has 0 saturated heterocycles. The van der Waals surface area contributed by atoms with Crippen molar-refractivity contribution in [3.8, 4) is 0 Å². The summed E-state index contributed by atoms with van der Waals surface area (Å²) in [5, 5.41) is 0. The van der Waals surface area contributed by atoms with Gasteiger partial charge < -0.3 is 4.74 Å². The summed E-state index contributed by atoms with van der Waals surface area (Å²) in [6.45, 7) is 7.13. The van der Waals surface area contributed by atoms with E-state index in [1.54, 1.807) is 24.3 Å². The lowest BCUT2D eigenvalue weighted by atomic mass is 10.4. The van der Waals surface area contributed by atoms with Crippen molar-refractivity contribution in [2.45, 2.75) is 0 Å². The van der Waals surface area contributed by atoms with Gasteiger partial charge in [0.25, 0.3) is 0 Å². The number of hydrogen-bond acceptors (Lipinski definition) is 2. The predicted octanol–water partition coefficient (Wildman–Crippen LogP) is 2.01. The summed E-state index contributed by atoms with van der Waals surface area (Å²) in [5.41, 5.74) is 0. The number of allylic oxidation sites excluding steroid dienone is 4. The van der Waals surface area contributed by atoms with Crippen molar-refractivity contribution in [1.29, 1.82) is 0 Å². The van der Waals surface area contributed by atoms with Crippen LogP contribution in [0.4, 0.5) is 0 Å². The van der Waals surface area contributed by atoms with E-state index in [0.29, 0.717) is 0 Å². The van der Waals surface area contributed by atoms with E-state index in [-0.39, 0.29) is 12.6 Å². The molecule has 0 saturated carbocycles. The summed E-state index contributed by atoms with van der Waals surface area (Å²) in [4.78, 5) is 10.7. The lowest BCUT2D eigenvalue weighted by Crippen LogP contribution is -1.99. The van der Waals surface area contributed by atoms with Crippen molar-refractivity contribution in [3.63, 3.8) is 0 Å². The molecule has 0 fully saturated rings. The third kappa shape index (κ3) is 6.55. The zero-order valence-electron chi connectivity index (χ0n) is 6.90. The molecule has 0 aromatic heterocycles. The first-order valence-corrected chi connectivity index (χ1v) is 3.54. The van der Waals surface area contributed by atoms with Gasteiger partial charge in [-0.05, 0) is 0 Å². The molecule has 0 spiro atoms. The maximum absolute atomic E-state index is 10.7. The van der Waals surface area contributed by atoms with Crippen molar-refractivity contribution in [2.75, 3.05) is 6.61 Å². The standard InChI is InChI=1S/C10H12O2/c1-3-5-6-7-8-10(11)12-9-4-2/h3-8H,1-2,9H2. The van der Waals surface area contributed by atoms with Gasteiger partial charge in [-0.2, -0.15) is 0 Å². The highest BCUT2D eigenvalue weighted by molar-refractivity contribution is 5.82. The molecule has 0 aliphatic carbocycles. The molecule has 0 rings (SSSR count). The Morgan fingerprint density at radius 1 is 1.25 bits per heavy atom. The van der Waals surface area contributed by atoms with Crippen LogP contribution >= 0.6 is 0 Å². The van der Waals surface area contributed by atoms with Crippen molar-refractivity contribution in [2.24, 2.45) is 0 Å². The largest absolute Gasteiger partial charge is 0.458 e. The van der Waals surface area contributed by atoms with E-state index < -0.39 is 0 Å². The average Bonchev–Trinajstić information content (AvgIpc) is 2.09. The normalized spacial score (nSPS) is 10.3. The molecule has 0 bridgehead atoms. The van der Waals surface area contributed by atoms with Crippen LogP contribution in [0, 0.1) is 0 Å². The third-order valence-corrected chi connectivity index (χ3v) is 0.934. The first kappa shape index (κ1) is 10.4. The summed E-state index contributed by atoms with van der Waals surface area (Å²) in [7, 11) is 0. The van der Waals surface area contributed by atoms with Gasteiger partial charge in [0.1, 0.15) is 6.61 Å². The van der Waals surface area contributed by atoms with Crippen LogP contribution in [-0.2, 0) is 9.53 Å². The minimum Gasteiger partial charge on any atom is -0.458 e. The van der Waals surface area contributed by atoms with Crippen LogP contribution in [0.2, 0.25) is 0 Å². The van der Waals surface area contributed by atoms with E-state index in [4.69, 9.17) is 0 Å². The van der Waals surface area contributed by atoms with Gasteiger partial charge in [0.15, 0.2) is 0 Å². The van der Waals surface area contributed by atoms with Crippen LogP contribution in [-0.4, -0.2) is 12.6 Å². The van der Waals surface area contributed by atoms with Gasteiger partial charge in [0.2, 0.25) is 0 Å². The summed E-state index contributed by atoms with van der Waals surface area (Å²) >= 11 is 0. The smallest absolute Gasteiger partial charge is 0.331 e. The Labute approximate surface area is 72.5 Å². The molecule has 0 atom stereocenters. The first-order valence-electron chi connectivity index (χ1n) is 3.54. The predicted molar refractivity (Wildman–Crippen MR) is 49.6 cm³/mol. The molecule has 2 nitrogen and oxygen atoms in total. The number of rotatable bonds is 5. The Hall–Kier alpha value is -1.57. The quantitative estimate of drug-likeness (QED) is 0.269. The van der Waals surface area contributed by atoms with Crippen LogP contribution in [0.15, 0.2) is 49.6 Å². The third-order valence-electron chi connectivity index (χ3n) is 0.934. The van der Waals surface area contributed by atoms with E-state index in [1.807, 2.05) is 0 Å². The molecule has 0 amide bonds. The number of esters is 1. The van der Waals surface area contributed by atoms with Gasteiger partial charge in [0.05, 0.1) is 0 Å². The summed E-state index contributed by atoms with van der Waals surface area (Å²) in [5.74, 6) is -0.372. The second kappa shape index (κ2) is 7.54. The fraction of sp³-hybridized carbons (Fsp3) is 0.100. The van der Waals surface area contributed by atoms with Crippen molar-refractivity contribution in [1.82, 2.24) is 0 Å². The molecule has 0 unspecified atom stereocenters. The van der Waals surface area contributed by atoms with E-state index in [1.165, 1.54) is 12.2 Å². The maximum atomic E-state index is 10.7. The highest BCUT2D eigenvalue weighted by atomic mass is 16.5. The molecular weight excluding hydrogens is 152 g/mol. The second-order valence-electron chi connectivity index (χ2n) is 1.90. The molecular formula is C10H12O2. The minimum atomic E-state index is -0.372. The van der Waals surface area contributed by atoms with Gasteiger partial charge in [0, 0.05) is 6.08 Å². The molecule has 0 aromatic carbocycles. The molecule has 0 aliphatic rings. The van der Waals surface area contributed by atoms with Gasteiger partial charge in [-0.15, -0.1) is 0 Å². The summed E-state index contributed by atoms with van der Waals surface area (Å²) in [6, 6.07) is 0. The second-order valence-corrected chi connectivity index (χ2v) is 1.90. The molecule has 12 heavy (non-hydrogen) atoms. The SMILES string of the molecule is C=CC=CC=CC(=O)OCC=C. The first-order chi connectivity index (χ1) is 5.81. The topological polar surface area (TPSA) is 26.3 Å². The Morgan fingerprint density at radius 3 is 2.58 bits per heavy atom. The fourth-order valence-corrected chi connectivity index (χ4v) is 0.466. The fourth-order valence-electron chi connectivity index (χ4n) is 0.466. The van der Waals surface area contributed by atoms with E-state index in [0.717, 1.165) is 0 Å². The zero-order chi connectivity index (χ0) is 9.23. The van der Waals surface area contributed by atoms with Gasteiger partial charge in [-0.1, -0.05) is 43.5 Å². The number of carbonyl (C=O) groups is 1. The lowest BCUT2D eigenvalue weighted by molar-refractivity contribution is -0.136. The van der Waals surface area contributed by atoms with Crippen LogP contribution in [0.5, 0.6) is 0 Å². The molecule has 0 radical (unpaired) electrons. The van der Waals surface area contributed by atoms with E-state index in [9.17, 15) is 4.79 Å². The summed E-state index contributed by atoms with van der Waals surface area (Å²) < 4.78 is 4.67. The molecule has 0 heterocycles. The maximum Gasteiger partial charge on any atom is 0.331 e. The van der Waals surface area contributed by atoms with Gasteiger partial charge in [-0.3, -0.25) is 0 Å². The molecule has 0 aliphatic heterocycles. The summed E-state index contributed by atoms with van der Waals surface area (Å²) in [6.07, 6.45) is 9.49. The van der Waals surface area contributed by atoms with Crippen molar-refractivity contribution in [3.05, 3.63) is 49.6 Å². The highest BCUT2D eigenvalue weighted by Gasteiger charge is 1.90. The van der Waals surface area contributed by atoms with E-state index in [2.05, 4.69) is 17.9 Å². The van der Waals surface area contributed by atoms with Crippen LogP contribution in [0.1, 0.15) is 0 Å². The Bertz CT molecular complexity index is 212. The number of ether oxygens (including phenoxy) is 1. The molecule has 0 N–H and O–H groups in total. The monoisotopic (exact) mass is 164 g/mol. The van der Waals surface area contributed by atoms with Gasteiger partial charge in [-0.25, -0.2) is 4.79 Å².